The van der Waals surface area contributed by atoms with E-state index in [-0.39, 0.29) is 51.2 Å². The molecule has 16 atom stereocenters. The van der Waals surface area contributed by atoms with Crippen LogP contribution in [0.5, 0.6) is 0 Å². The molecule has 14 N–H and O–H groups in total. The van der Waals surface area contributed by atoms with Crippen LogP contribution in [-0.2, 0) is 75.7 Å². The third-order valence-electron chi connectivity index (χ3n) is 12.0. The molecule has 422 valence electrons. The van der Waals surface area contributed by atoms with Gasteiger partial charge in [-0.3, -0.25) is 51.4 Å². The Balaban J connectivity index is 0.872. The molecule has 6 aromatic heterocycles. The number of phosphoric acid groups is 4. The molecular formula is C34H48N15O24P4+. The van der Waals surface area contributed by atoms with Crippen molar-refractivity contribution in [3.05, 3.63) is 46.0 Å². The summed E-state index contributed by atoms with van der Waals surface area (Å²) in [6.45, 7) is -3.22. The molecule has 9 heterocycles. The second-order valence-electron chi connectivity index (χ2n) is 16.9. The quantitative estimate of drug-likeness (QED) is 0.0245. The van der Waals surface area contributed by atoms with Crippen LogP contribution in [0.4, 0.5) is 17.7 Å². The van der Waals surface area contributed by atoms with Gasteiger partial charge in [0.2, 0.25) is 17.7 Å². The molecule has 3 aliphatic heterocycles. The Labute approximate surface area is 428 Å². The Morgan fingerprint density at radius 2 is 1.26 bits per heavy atom. The standard InChI is InChI=1S/C34H47N15O24P4/c1-37-24-15-25(39-8-38-24)47(9-40-15)32-23(64-4)22(71-74(55,56)65-5-12-18(50)19(51)30(68-12)48-10-41-16-26(48)42-33(35)44-28(16)53)14(70-32)7-67-76(59,60)73-77(61,62)72-75(57,58)66-6-13-21(63-3)20(52)31(69-13)49-11-46(2)17-27(49)43-34(36)45-29(17)54/h8-14,18-23,30-32,50-52H,5-7H2,1-4H3,(H10-,35,36,37,38,39,42,43,44,45,53,54,55,56,57,58,59,60,61,62)/p+1/t12-,13-,14-,18+,19?,20+,21?,22+,23?,30-,31-,32-/m1/s1. The molecule has 3 saturated heterocycles. The van der Waals surface area contributed by atoms with Crippen LogP contribution in [0.15, 0.2) is 34.9 Å². The maximum atomic E-state index is 13.7. The fourth-order valence-corrected chi connectivity index (χ4v) is 13.2. The summed E-state index contributed by atoms with van der Waals surface area (Å²) in [6, 6.07) is 0. The summed E-state index contributed by atoms with van der Waals surface area (Å²) in [5.74, 6) is -0.328. The molecule has 9 rings (SSSR count). The molecule has 0 amide bonds. The number of hydrogen-bond donors (Lipinski definition) is 12. The zero-order valence-electron chi connectivity index (χ0n) is 39.8. The predicted molar refractivity (Wildman–Crippen MR) is 249 cm³/mol. The van der Waals surface area contributed by atoms with Gasteiger partial charge in [-0.15, -0.1) is 0 Å². The summed E-state index contributed by atoms with van der Waals surface area (Å²) in [6.07, 6.45) is -14.2. The molecule has 77 heavy (non-hydrogen) atoms. The maximum Gasteiger partial charge on any atom is 0.490 e. The van der Waals surface area contributed by atoms with E-state index in [2.05, 4.69) is 53.8 Å². The average molecular weight is 1170 g/mol. The summed E-state index contributed by atoms with van der Waals surface area (Å²) in [5, 5.41) is 35.7. The molecular weight excluding hydrogens is 1130 g/mol. The van der Waals surface area contributed by atoms with Gasteiger partial charge >= 0.3 is 36.9 Å². The molecule has 0 bridgehead atoms. The number of aryl methyl sites for hydroxylation is 1. The first kappa shape index (κ1) is 56.6. The van der Waals surface area contributed by atoms with Crippen LogP contribution in [0.1, 0.15) is 18.7 Å². The number of fused-ring (bicyclic) bond motifs is 3. The molecule has 39 nitrogen and oxygen atoms in total. The molecule has 0 aromatic carbocycles. The normalized spacial score (nSPS) is 30.0. The van der Waals surface area contributed by atoms with Crippen molar-refractivity contribution in [3.8, 4) is 0 Å². The van der Waals surface area contributed by atoms with E-state index in [4.69, 9.17) is 53.2 Å². The van der Waals surface area contributed by atoms with Gasteiger partial charge in [0.25, 0.3) is 17.1 Å². The molecule has 3 aliphatic rings. The number of nitrogens with one attached hydrogen (secondary N) is 3. The third-order valence-corrected chi connectivity index (χ3v) is 17.2. The summed E-state index contributed by atoms with van der Waals surface area (Å²) >= 11 is 0. The summed E-state index contributed by atoms with van der Waals surface area (Å²) < 4.78 is 116. The number of nitrogen functional groups attached to an aromatic ring is 2. The van der Waals surface area contributed by atoms with E-state index in [1.807, 2.05) is 0 Å². The molecule has 0 spiro atoms. The number of anilines is 3. The van der Waals surface area contributed by atoms with Crippen LogP contribution >= 0.6 is 31.3 Å². The van der Waals surface area contributed by atoms with Gasteiger partial charge in [0, 0.05) is 21.3 Å². The Morgan fingerprint density at radius 1 is 0.688 bits per heavy atom. The van der Waals surface area contributed by atoms with E-state index in [9.17, 15) is 62.7 Å². The minimum absolute atomic E-state index is 0.0239. The van der Waals surface area contributed by atoms with E-state index in [1.165, 1.54) is 33.4 Å². The van der Waals surface area contributed by atoms with Crippen LogP contribution < -0.4 is 32.5 Å². The average Bonchev–Trinajstić information content (AvgIpc) is 4.21. The molecule has 3 fully saturated rings. The van der Waals surface area contributed by atoms with E-state index in [0.29, 0.717) is 0 Å². The number of H-pyrrole nitrogens is 2. The lowest BCUT2D eigenvalue weighted by molar-refractivity contribution is -0.745. The van der Waals surface area contributed by atoms with Crippen LogP contribution in [0, 0.1) is 0 Å². The zero-order valence-corrected chi connectivity index (χ0v) is 43.4. The van der Waals surface area contributed by atoms with Crippen LogP contribution in [0.3, 0.4) is 0 Å². The van der Waals surface area contributed by atoms with Crippen molar-refractivity contribution in [3.63, 3.8) is 0 Å². The minimum atomic E-state index is -6.18. The van der Waals surface area contributed by atoms with Gasteiger partial charge in [0.15, 0.2) is 41.4 Å². The number of rotatable bonds is 21. The highest BCUT2D eigenvalue weighted by molar-refractivity contribution is 7.66. The minimum Gasteiger partial charge on any atom is -0.387 e. The van der Waals surface area contributed by atoms with Gasteiger partial charge in [0.1, 0.15) is 66.8 Å². The SMILES string of the molecule is CNc1ncnc2c1ncn2[C@@H]1O[C@H](COP(=O)(O)OP(=O)(O)OP(=O)(O)OC[C@H]2O[C@@H]([n+]3cn(C)c4c(=O)[nH]c(N)nc43)[C@@H](O)C2OC)[C@H](OP(=O)(O)OC[C@H]2O[C@@H](n3cnc4c(=O)[nH]c(N)nc43)C(O)[C@H]2O)C1OC. The predicted octanol–water partition coefficient (Wildman–Crippen LogP) is -3.60. The summed E-state index contributed by atoms with van der Waals surface area (Å²) in [5.41, 5.74) is 9.96. The lowest BCUT2D eigenvalue weighted by atomic mass is 10.1. The van der Waals surface area contributed by atoms with Crippen molar-refractivity contribution < 1.29 is 108 Å². The number of hydrogen-bond acceptors (Lipinski definition) is 29. The van der Waals surface area contributed by atoms with Crippen molar-refractivity contribution in [1.29, 1.82) is 0 Å². The van der Waals surface area contributed by atoms with Gasteiger partial charge in [-0.25, -0.2) is 42.8 Å². The molecule has 7 unspecified atom stereocenters. The lowest BCUT2D eigenvalue weighted by Crippen LogP contribution is -2.46. The van der Waals surface area contributed by atoms with Gasteiger partial charge in [-0.05, 0) is 0 Å². The van der Waals surface area contributed by atoms with E-state index in [1.54, 1.807) is 7.05 Å². The molecule has 0 aliphatic carbocycles. The zero-order chi connectivity index (χ0) is 55.7. The Morgan fingerprint density at radius 3 is 1.91 bits per heavy atom. The monoisotopic (exact) mass is 1170 g/mol. The first-order chi connectivity index (χ1) is 36.2. The second-order valence-corrected chi connectivity index (χ2v) is 22.9. The highest BCUT2D eigenvalue weighted by Gasteiger charge is 2.54. The Bertz CT molecular complexity index is 3510. The van der Waals surface area contributed by atoms with Crippen molar-refractivity contribution in [2.45, 2.75) is 73.6 Å². The lowest BCUT2D eigenvalue weighted by Gasteiger charge is -2.26. The first-order valence-electron chi connectivity index (χ1n) is 22.0. The summed E-state index contributed by atoms with van der Waals surface area (Å²) in [4.78, 5) is 96.7. The fraction of sp³-hybridized carbons (Fsp3) is 0.559. The smallest absolute Gasteiger partial charge is 0.387 e. The number of aliphatic hydroxyl groups is 3. The van der Waals surface area contributed by atoms with Gasteiger partial charge in [-0.2, -0.15) is 13.6 Å². The topological polar surface area (TPSA) is 537 Å². The van der Waals surface area contributed by atoms with Crippen LogP contribution in [0.2, 0.25) is 0 Å². The van der Waals surface area contributed by atoms with E-state index >= 15 is 0 Å². The number of phosphoric ester groups is 3. The van der Waals surface area contributed by atoms with E-state index in [0.717, 1.165) is 31.4 Å². The number of methoxy groups -OCH3 is 2. The van der Waals surface area contributed by atoms with E-state index < -0.39 is 136 Å². The van der Waals surface area contributed by atoms with Crippen molar-refractivity contribution in [2.75, 3.05) is 57.9 Å². The fourth-order valence-electron chi connectivity index (χ4n) is 8.73. The van der Waals surface area contributed by atoms with Crippen molar-refractivity contribution in [1.82, 2.24) is 53.6 Å². The number of imidazole rings is 3. The highest BCUT2D eigenvalue weighted by atomic mass is 31.3. The third kappa shape index (κ3) is 11.4. The van der Waals surface area contributed by atoms with Gasteiger partial charge in [-0.1, -0.05) is 4.98 Å². The molecule has 43 heteroatoms. The molecule has 6 aromatic rings. The largest absolute Gasteiger partial charge is 0.490 e. The number of aromatic nitrogens is 12. The maximum absolute atomic E-state index is 13.7. The second kappa shape index (κ2) is 21.5. The Kier molecular flexibility index (Phi) is 15.8. The number of ether oxygens (including phenoxy) is 5. The Hall–Kier alpha value is -5.15. The first-order valence-corrected chi connectivity index (χ1v) is 28.0. The summed E-state index contributed by atoms with van der Waals surface area (Å²) in [7, 11) is -18.1. The number of aromatic amines is 2. The van der Waals surface area contributed by atoms with Crippen LogP contribution in [0.25, 0.3) is 33.5 Å². The van der Waals surface area contributed by atoms with Crippen molar-refractivity contribution >= 4 is 82.5 Å². The highest BCUT2D eigenvalue weighted by Crippen LogP contribution is 2.68. The molecule has 0 saturated carbocycles. The van der Waals surface area contributed by atoms with Gasteiger partial charge in [0.05, 0.1) is 39.5 Å². The number of nitrogens with zero attached hydrogens (tertiary/aromatic N) is 10. The van der Waals surface area contributed by atoms with Gasteiger partial charge < -0.3 is 75.4 Å². The van der Waals surface area contributed by atoms with Crippen LogP contribution in [-0.4, -0.2) is 184 Å². The molecule has 0 radical (unpaired) electrons. The number of aliphatic hydroxyl groups excluding tert-OH is 3. The van der Waals surface area contributed by atoms with Crippen molar-refractivity contribution in [2.24, 2.45) is 7.05 Å². The number of nitrogens with two attached hydrogens (primary N) is 2.